The summed E-state index contributed by atoms with van der Waals surface area (Å²) < 4.78 is 5.62. The van der Waals surface area contributed by atoms with Gasteiger partial charge in [-0.05, 0) is 18.6 Å². The first-order valence-corrected chi connectivity index (χ1v) is 6.41. The van der Waals surface area contributed by atoms with Gasteiger partial charge in [-0.25, -0.2) is 9.97 Å². The van der Waals surface area contributed by atoms with Crippen LogP contribution in [0.3, 0.4) is 0 Å². The molecule has 1 aromatic heterocycles. The molecule has 0 amide bonds. The standard InChI is InChI=1S/C13H12ClN3O3/c1-2-3-11-12(14)15-8-16-13(11)20-10-6-4-9(5-7-10)17(18)19/h4-8H,2-3H2,1H3. The zero-order chi connectivity index (χ0) is 14.5. The van der Waals surface area contributed by atoms with Crippen molar-refractivity contribution in [2.24, 2.45) is 0 Å². The minimum Gasteiger partial charge on any atom is -0.439 e. The van der Waals surface area contributed by atoms with Crippen molar-refractivity contribution in [2.45, 2.75) is 19.8 Å². The minimum atomic E-state index is -0.464. The number of hydrogen-bond donors (Lipinski definition) is 0. The summed E-state index contributed by atoms with van der Waals surface area (Å²) in [4.78, 5) is 18.1. The van der Waals surface area contributed by atoms with Crippen molar-refractivity contribution in [1.82, 2.24) is 9.97 Å². The number of hydrogen-bond acceptors (Lipinski definition) is 5. The van der Waals surface area contributed by atoms with Gasteiger partial charge in [0.2, 0.25) is 5.88 Å². The smallest absolute Gasteiger partial charge is 0.269 e. The molecule has 104 valence electrons. The number of nitrogens with zero attached hydrogens (tertiary/aromatic N) is 3. The van der Waals surface area contributed by atoms with Crippen molar-refractivity contribution < 1.29 is 9.66 Å². The first kappa shape index (κ1) is 14.2. The van der Waals surface area contributed by atoms with Crippen LogP contribution in [0, 0.1) is 10.1 Å². The molecule has 20 heavy (non-hydrogen) atoms. The van der Waals surface area contributed by atoms with Crippen LogP contribution in [0.1, 0.15) is 18.9 Å². The van der Waals surface area contributed by atoms with E-state index in [1.54, 1.807) is 0 Å². The molecule has 0 aliphatic carbocycles. The van der Waals surface area contributed by atoms with Crippen LogP contribution >= 0.6 is 11.6 Å². The van der Waals surface area contributed by atoms with Gasteiger partial charge in [-0.3, -0.25) is 10.1 Å². The first-order valence-electron chi connectivity index (χ1n) is 6.03. The van der Waals surface area contributed by atoms with Crippen molar-refractivity contribution in [2.75, 3.05) is 0 Å². The SMILES string of the molecule is CCCc1c(Cl)ncnc1Oc1ccc([N+](=O)[O-])cc1. The van der Waals surface area contributed by atoms with Crippen molar-refractivity contribution in [3.63, 3.8) is 0 Å². The van der Waals surface area contributed by atoms with Gasteiger partial charge in [0.05, 0.1) is 10.5 Å². The van der Waals surface area contributed by atoms with Gasteiger partial charge in [0.1, 0.15) is 17.2 Å². The van der Waals surface area contributed by atoms with E-state index in [4.69, 9.17) is 16.3 Å². The molecule has 2 aromatic rings. The summed E-state index contributed by atoms with van der Waals surface area (Å²) in [6.45, 7) is 2.01. The Morgan fingerprint density at radius 1 is 1.30 bits per heavy atom. The fourth-order valence-corrected chi connectivity index (χ4v) is 1.89. The van der Waals surface area contributed by atoms with Crippen LogP contribution in [-0.2, 0) is 6.42 Å². The molecule has 1 aromatic carbocycles. The molecular formula is C13H12ClN3O3. The van der Waals surface area contributed by atoms with E-state index in [0.29, 0.717) is 23.2 Å². The maximum Gasteiger partial charge on any atom is 0.269 e. The molecule has 0 radical (unpaired) electrons. The summed E-state index contributed by atoms with van der Waals surface area (Å²) in [6, 6.07) is 5.78. The number of non-ortho nitro benzene ring substituents is 1. The summed E-state index contributed by atoms with van der Waals surface area (Å²) in [6.07, 6.45) is 2.90. The maximum absolute atomic E-state index is 10.6. The molecule has 7 heteroatoms. The van der Waals surface area contributed by atoms with Crippen LogP contribution in [0.4, 0.5) is 5.69 Å². The number of nitro benzene ring substituents is 1. The number of aromatic nitrogens is 2. The van der Waals surface area contributed by atoms with Gasteiger partial charge < -0.3 is 4.74 Å². The average molecular weight is 294 g/mol. The van der Waals surface area contributed by atoms with Crippen LogP contribution in [0.15, 0.2) is 30.6 Å². The van der Waals surface area contributed by atoms with Gasteiger partial charge in [-0.1, -0.05) is 24.9 Å². The summed E-state index contributed by atoms with van der Waals surface area (Å²) in [5.74, 6) is 0.837. The molecule has 0 unspecified atom stereocenters. The molecule has 0 aliphatic heterocycles. The van der Waals surface area contributed by atoms with Crippen LogP contribution in [-0.4, -0.2) is 14.9 Å². The molecule has 2 rings (SSSR count). The zero-order valence-corrected chi connectivity index (χ0v) is 11.5. The lowest BCUT2D eigenvalue weighted by Gasteiger charge is -2.09. The highest BCUT2D eigenvalue weighted by Gasteiger charge is 2.12. The lowest BCUT2D eigenvalue weighted by Crippen LogP contribution is -1.98. The quantitative estimate of drug-likeness (QED) is 0.476. The summed E-state index contributed by atoms with van der Waals surface area (Å²) >= 11 is 6.02. The monoisotopic (exact) mass is 293 g/mol. The molecule has 0 aliphatic rings. The Bertz CT molecular complexity index is 617. The van der Waals surface area contributed by atoms with E-state index in [9.17, 15) is 10.1 Å². The third-order valence-corrected chi connectivity index (χ3v) is 2.94. The van der Waals surface area contributed by atoms with Gasteiger partial charge in [-0.15, -0.1) is 0 Å². The highest BCUT2D eigenvalue weighted by Crippen LogP contribution is 2.28. The molecule has 0 N–H and O–H groups in total. The Balaban J connectivity index is 2.25. The number of nitro groups is 1. The fourth-order valence-electron chi connectivity index (χ4n) is 1.67. The van der Waals surface area contributed by atoms with E-state index in [0.717, 1.165) is 12.0 Å². The van der Waals surface area contributed by atoms with E-state index < -0.39 is 4.92 Å². The Kier molecular flexibility index (Phi) is 4.47. The predicted molar refractivity (Wildman–Crippen MR) is 74.2 cm³/mol. The van der Waals surface area contributed by atoms with Crippen molar-refractivity contribution in [1.29, 1.82) is 0 Å². The molecule has 6 nitrogen and oxygen atoms in total. The van der Waals surface area contributed by atoms with E-state index in [1.807, 2.05) is 6.92 Å². The average Bonchev–Trinajstić information content (AvgIpc) is 2.43. The van der Waals surface area contributed by atoms with E-state index in [-0.39, 0.29) is 5.69 Å². The molecule has 1 heterocycles. The van der Waals surface area contributed by atoms with E-state index >= 15 is 0 Å². The van der Waals surface area contributed by atoms with Crippen LogP contribution < -0.4 is 4.74 Å². The Hall–Kier alpha value is -2.21. The van der Waals surface area contributed by atoms with Crippen molar-refractivity contribution in [3.05, 3.63) is 51.4 Å². The Labute approximate surface area is 120 Å². The molecule has 0 spiro atoms. The first-order chi connectivity index (χ1) is 9.61. The Morgan fingerprint density at radius 2 is 2.00 bits per heavy atom. The second-order valence-electron chi connectivity index (χ2n) is 4.05. The third kappa shape index (κ3) is 3.21. The molecule has 0 fully saturated rings. The second-order valence-corrected chi connectivity index (χ2v) is 4.41. The fraction of sp³-hybridized carbons (Fsp3) is 0.231. The molecule has 0 atom stereocenters. The minimum absolute atomic E-state index is 0.00634. The highest BCUT2D eigenvalue weighted by molar-refractivity contribution is 6.30. The molecule has 0 saturated carbocycles. The van der Waals surface area contributed by atoms with Crippen LogP contribution in [0.5, 0.6) is 11.6 Å². The topological polar surface area (TPSA) is 78.2 Å². The number of rotatable bonds is 5. The number of halogens is 1. The summed E-state index contributed by atoms with van der Waals surface area (Å²) in [7, 11) is 0. The largest absolute Gasteiger partial charge is 0.439 e. The molecular weight excluding hydrogens is 282 g/mol. The van der Waals surface area contributed by atoms with Gasteiger partial charge >= 0.3 is 0 Å². The van der Waals surface area contributed by atoms with Gasteiger partial charge in [0.15, 0.2) is 0 Å². The zero-order valence-electron chi connectivity index (χ0n) is 10.7. The van der Waals surface area contributed by atoms with Crippen molar-refractivity contribution in [3.8, 4) is 11.6 Å². The lowest BCUT2D eigenvalue weighted by molar-refractivity contribution is -0.384. The Morgan fingerprint density at radius 3 is 2.60 bits per heavy atom. The van der Waals surface area contributed by atoms with Crippen LogP contribution in [0.25, 0.3) is 0 Å². The number of benzene rings is 1. The van der Waals surface area contributed by atoms with Gasteiger partial charge in [-0.2, -0.15) is 0 Å². The van der Waals surface area contributed by atoms with E-state index in [1.165, 1.54) is 30.6 Å². The number of ether oxygens (including phenoxy) is 1. The third-order valence-electron chi connectivity index (χ3n) is 2.62. The summed E-state index contributed by atoms with van der Waals surface area (Å²) in [5, 5.41) is 10.9. The summed E-state index contributed by atoms with van der Waals surface area (Å²) in [5.41, 5.74) is 0.738. The lowest BCUT2D eigenvalue weighted by atomic mass is 10.2. The van der Waals surface area contributed by atoms with E-state index in [2.05, 4.69) is 9.97 Å². The second kappa shape index (κ2) is 6.29. The normalized spacial score (nSPS) is 10.3. The van der Waals surface area contributed by atoms with Crippen LogP contribution in [0.2, 0.25) is 5.15 Å². The van der Waals surface area contributed by atoms with Crippen molar-refractivity contribution >= 4 is 17.3 Å². The molecule has 0 saturated heterocycles. The van der Waals surface area contributed by atoms with Gasteiger partial charge in [0, 0.05) is 12.1 Å². The van der Waals surface area contributed by atoms with Gasteiger partial charge in [0.25, 0.3) is 5.69 Å². The predicted octanol–water partition coefficient (Wildman–Crippen LogP) is 3.78. The molecule has 0 bridgehead atoms. The maximum atomic E-state index is 10.6. The highest BCUT2D eigenvalue weighted by atomic mass is 35.5.